The first-order chi connectivity index (χ1) is 16.5. The number of carbonyl (C=O) groups is 1. The predicted octanol–water partition coefficient (Wildman–Crippen LogP) is 5.02. The van der Waals surface area contributed by atoms with Gasteiger partial charge in [-0.15, -0.1) is 0 Å². The van der Waals surface area contributed by atoms with Crippen molar-refractivity contribution in [2.45, 2.75) is 39.1 Å². The minimum atomic E-state index is -0.0228. The second-order valence-electron chi connectivity index (χ2n) is 8.68. The maximum Gasteiger partial charge on any atom is 0.234 e. The maximum atomic E-state index is 12.8. The molecule has 1 N–H and O–H groups in total. The van der Waals surface area contributed by atoms with E-state index in [1.807, 2.05) is 19.1 Å². The molecule has 7 heteroatoms. The summed E-state index contributed by atoms with van der Waals surface area (Å²) in [4.78, 5) is 26.7. The van der Waals surface area contributed by atoms with Crippen LogP contribution in [0.3, 0.4) is 0 Å². The Labute approximate surface area is 206 Å². The fraction of sp³-hybridized carbons (Fsp3) is 0.370. The molecule has 2 aromatic carbocycles. The van der Waals surface area contributed by atoms with Crippen LogP contribution in [0.15, 0.2) is 53.8 Å². The molecule has 0 atom stereocenters. The number of hydrogen-bond acceptors (Lipinski definition) is 6. The van der Waals surface area contributed by atoms with Crippen molar-refractivity contribution in [2.75, 3.05) is 47.0 Å². The van der Waals surface area contributed by atoms with Crippen LogP contribution in [0.2, 0.25) is 0 Å². The first-order valence-corrected chi connectivity index (χ1v) is 12.8. The molecule has 2 heterocycles. The highest BCUT2D eigenvalue weighted by Crippen LogP contribution is 2.29. The molecule has 1 fully saturated rings. The summed E-state index contributed by atoms with van der Waals surface area (Å²) in [6.45, 7) is 12.1. The van der Waals surface area contributed by atoms with E-state index in [1.165, 1.54) is 28.6 Å². The smallest absolute Gasteiger partial charge is 0.234 e. The van der Waals surface area contributed by atoms with Crippen LogP contribution in [-0.2, 0) is 11.2 Å². The predicted molar refractivity (Wildman–Crippen MR) is 142 cm³/mol. The van der Waals surface area contributed by atoms with Crippen LogP contribution in [0.25, 0.3) is 0 Å². The third-order valence-corrected chi connectivity index (χ3v) is 7.45. The van der Waals surface area contributed by atoms with Crippen molar-refractivity contribution < 1.29 is 4.79 Å². The van der Waals surface area contributed by atoms with Gasteiger partial charge in [-0.25, -0.2) is 9.97 Å². The largest absolute Gasteiger partial charge is 0.368 e. The molecular formula is C27H33N5OS. The summed E-state index contributed by atoms with van der Waals surface area (Å²) in [5.74, 6) is 1.14. The number of hydrogen-bond donors (Lipinski definition) is 1. The molecule has 4 rings (SSSR count). The molecule has 0 radical (unpaired) electrons. The molecule has 1 aliphatic rings. The number of aryl methyl sites for hydroxylation is 3. The highest BCUT2D eigenvalue weighted by Gasteiger charge is 2.23. The average molecular weight is 476 g/mol. The van der Waals surface area contributed by atoms with Gasteiger partial charge in [0.1, 0.15) is 5.03 Å². The number of nitrogens with zero attached hydrogens (tertiary/aromatic N) is 4. The van der Waals surface area contributed by atoms with Gasteiger partial charge in [0.05, 0.1) is 5.75 Å². The van der Waals surface area contributed by atoms with E-state index in [9.17, 15) is 4.79 Å². The van der Waals surface area contributed by atoms with Crippen LogP contribution in [0.1, 0.15) is 29.2 Å². The number of carbonyl (C=O) groups excluding carboxylic acids is 1. The van der Waals surface area contributed by atoms with Gasteiger partial charge in [-0.05, 0) is 55.5 Å². The Morgan fingerprint density at radius 3 is 2.38 bits per heavy atom. The molecule has 3 aromatic rings. The zero-order valence-electron chi connectivity index (χ0n) is 20.5. The third-order valence-electron chi connectivity index (χ3n) is 6.49. The number of benzene rings is 2. The Morgan fingerprint density at radius 1 is 0.941 bits per heavy atom. The zero-order chi connectivity index (χ0) is 24.1. The first-order valence-electron chi connectivity index (χ1n) is 11.9. The van der Waals surface area contributed by atoms with Gasteiger partial charge < -0.3 is 15.1 Å². The number of thioether (sulfide) groups is 1. The van der Waals surface area contributed by atoms with E-state index in [1.54, 1.807) is 12.4 Å². The van der Waals surface area contributed by atoms with Crippen molar-refractivity contribution in [1.82, 2.24) is 9.97 Å². The van der Waals surface area contributed by atoms with Crippen molar-refractivity contribution in [3.8, 4) is 0 Å². The highest BCUT2D eigenvalue weighted by molar-refractivity contribution is 8.00. The van der Waals surface area contributed by atoms with E-state index in [0.717, 1.165) is 60.3 Å². The quantitative estimate of drug-likeness (QED) is 0.484. The molecule has 0 bridgehead atoms. The molecule has 0 aliphatic carbocycles. The molecule has 0 spiro atoms. The van der Waals surface area contributed by atoms with Crippen LogP contribution in [0.4, 0.5) is 17.2 Å². The normalized spacial score (nSPS) is 13.8. The van der Waals surface area contributed by atoms with Gasteiger partial charge in [0.15, 0.2) is 5.82 Å². The number of anilines is 3. The van der Waals surface area contributed by atoms with Crippen LogP contribution < -0.4 is 15.1 Å². The lowest BCUT2D eigenvalue weighted by atomic mass is 10.1. The van der Waals surface area contributed by atoms with Crippen molar-refractivity contribution in [3.05, 3.63) is 71.0 Å². The molecule has 34 heavy (non-hydrogen) atoms. The van der Waals surface area contributed by atoms with Crippen LogP contribution in [0, 0.1) is 20.8 Å². The Morgan fingerprint density at radius 2 is 1.62 bits per heavy atom. The average Bonchev–Trinajstić information content (AvgIpc) is 2.86. The lowest BCUT2D eigenvalue weighted by Crippen LogP contribution is -2.47. The first kappa shape index (κ1) is 24.1. The minimum absolute atomic E-state index is 0.0228. The fourth-order valence-electron chi connectivity index (χ4n) is 4.39. The molecule has 1 aromatic heterocycles. The van der Waals surface area contributed by atoms with Crippen molar-refractivity contribution in [3.63, 3.8) is 0 Å². The molecule has 1 saturated heterocycles. The van der Waals surface area contributed by atoms with Crippen LogP contribution in [0.5, 0.6) is 0 Å². The second kappa shape index (κ2) is 10.9. The van der Waals surface area contributed by atoms with Crippen molar-refractivity contribution in [2.24, 2.45) is 0 Å². The summed E-state index contributed by atoms with van der Waals surface area (Å²) >= 11 is 1.45. The van der Waals surface area contributed by atoms with E-state index in [2.05, 4.69) is 70.1 Å². The van der Waals surface area contributed by atoms with E-state index >= 15 is 0 Å². The highest BCUT2D eigenvalue weighted by atomic mass is 32.2. The van der Waals surface area contributed by atoms with Gasteiger partial charge in [-0.3, -0.25) is 4.79 Å². The summed E-state index contributed by atoms with van der Waals surface area (Å²) in [6.07, 6.45) is 4.32. The monoisotopic (exact) mass is 475 g/mol. The van der Waals surface area contributed by atoms with Gasteiger partial charge in [0.2, 0.25) is 5.91 Å². The van der Waals surface area contributed by atoms with E-state index in [0.29, 0.717) is 5.75 Å². The van der Waals surface area contributed by atoms with E-state index < -0.39 is 0 Å². The lowest BCUT2D eigenvalue weighted by molar-refractivity contribution is -0.113. The Kier molecular flexibility index (Phi) is 7.73. The van der Waals surface area contributed by atoms with Gasteiger partial charge in [0.25, 0.3) is 0 Å². The van der Waals surface area contributed by atoms with Gasteiger partial charge in [-0.1, -0.05) is 49.0 Å². The lowest BCUT2D eigenvalue weighted by Gasteiger charge is -2.37. The van der Waals surface area contributed by atoms with Gasteiger partial charge >= 0.3 is 0 Å². The number of amides is 1. The summed E-state index contributed by atoms with van der Waals surface area (Å²) in [5, 5.41) is 3.91. The molecule has 0 saturated carbocycles. The summed E-state index contributed by atoms with van der Waals surface area (Å²) in [7, 11) is 0. The Hall–Kier alpha value is -3.06. The molecule has 0 unspecified atom stereocenters. The Bertz CT molecular complexity index is 1160. The summed E-state index contributed by atoms with van der Waals surface area (Å²) < 4.78 is 0. The van der Waals surface area contributed by atoms with Crippen molar-refractivity contribution in [1.29, 1.82) is 0 Å². The van der Waals surface area contributed by atoms with Crippen LogP contribution >= 0.6 is 11.8 Å². The van der Waals surface area contributed by atoms with E-state index in [-0.39, 0.29) is 5.91 Å². The molecular weight excluding hydrogens is 442 g/mol. The van der Waals surface area contributed by atoms with E-state index in [4.69, 9.17) is 0 Å². The van der Waals surface area contributed by atoms with Crippen LogP contribution in [-0.4, -0.2) is 47.8 Å². The maximum absolute atomic E-state index is 12.8. The molecule has 6 nitrogen and oxygen atoms in total. The number of aromatic nitrogens is 2. The standard InChI is InChI=1S/C27H33N5OS/c1-5-22-10-6-9-20(3)25(22)30-24(33)18-34-27-26(28-12-13-29-27)32-16-14-31(15-17-32)23-11-7-8-19(2)21(23)4/h6-13H,5,14-18H2,1-4H3,(H,30,33). The summed E-state index contributed by atoms with van der Waals surface area (Å²) in [6, 6.07) is 12.6. The minimum Gasteiger partial charge on any atom is -0.368 e. The molecule has 178 valence electrons. The topological polar surface area (TPSA) is 61.4 Å². The van der Waals surface area contributed by atoms with Crippen molar-refractivity contribution >= 4 is 34.9 Å². The SMILES string of the molecule is CCc1cccc(C)c1NC(=O)CSc1nccnc1N1CCN(c2cccc(C)c2C)CC1. The Balaban J connectivity index is 1.39. The number of rotatable bonds is 7. The van der Waals surface area contributed by atoms with Gasteiger partial charge in [0, 0.05) is 49.9 Å². The molecule has 1 amide bonds. The second-order valence-corrected chi connectivity index (χ2v) is 9.64. The fourth-order valence-corrected chi connectivity index (χ4v) is 5.17. The zero-order valence-corrected chi connectivity index (χ0v) is 21.3. The third kappa shape index (κ3) is 5.36. The summed E-state index contributed by atoms with van der Waals surface area (Å²) in [5.41, 5.74) is 7.14. The van der Waals surface area contributed by atoms with Gasteiger partial charge in [-0.2, -0.15) is 0 Å². The number of nitrogens with one attached hydrogen (secondary N) is 1. The number of para-hydroxylation sites is 1. The molecule has 1 aliphatic heterocycles. The number of piperazine rings is 1.